The number of carbonyl (C=O) groups excluding carboxylic acids is 2. The zero-order valence-corrected chi connectivity index (χ0v) is 11.8. The Hall–Kier alpha value is -0.180. The summed E-state index contributed by atoms with van der Waals surface area (Å²) in [6.07, 6.45) is 0. The van der Waals surface area contributed by atoms with Crippen LogP contribution in [0.5, 0.6) is 0 Å². The number of carbonyl (C=O) groups is 2. The molecule has 4 nitrogen and oxygen atoms in total. The molecule has 2 saturated heterocycles. The highest BCUT2D eigenvalue weighted by atomic mass is 32.2. The number of hydrogen-bond acceptors (Lipinski definition) is 6. The predicted molar refractivity (Wildman–Crippen MR) is 73.5 cm³/mol. The van der Waals surface area contributed by atoms with Gasteiger partial charge < -0.3 is 0 Å². The summed E-state index contributed by atoms with van der Waals surface area (Å²) in [5.41, 5.74) is 0. The van der Waals surface area contributed by atoms with E-state index in [9.17, 15) is 9.59 Å². The molecule has 16 heavy (non-hydrogen) atoms. The number of hydrogen-bond donors (Lipinski definition) is 0. The van der Waals surface area contributed by atoms with Crippen molar-refractivity contribution in [1.82, 2.24) is 9.80 Å². The highest BCUT2D eigenvalue weighted by Crippen LogP contribution is 2.38. The molecule has 2 heterocycles. The quantitative estimate of drug-likeness (QED) is 0.663. The Labute approximate surface area is 112 Å². The summed E-state index contributed by atoms with van der Waals surface area (Å²) in [6, 6.07) is 0. The SMILES string of the molecule is CN1C(=O)[C@H]([C@H]2SC(=S)N(C)C2=O)SC1=S. The minimum absolute atomic E-state index is 0.112. The maximum atomic E-state index is 11.9. The molecule has 2 fully saturated rings. The van der Waals surface area contributed by atoms with Gasteiger partial charge in [0.25, 0.3) is 0 Å². The number of rotatable bonds is 1. The number of nitrogens with zero attached hydrogens (tertiary/aromatic N) is 2. The zero-order valence-electron chi connectivity index (χ0n) is 8.50. The summed E-state index contributed by atoms with van der Waals surface area (Å²) < 4.78 is 1.03. The van der Waals surface area contributed by atoms with Crippen molar-refractivity contribution in [3.63, 3.8) is 0 Å². The van der Waals surface area contributed by atoms with E-state index in [1.54, 1.807) is 14.1 Å². The van der Waals surface area contributed by atoms with Crippen LogP contribution in [0.1, 0.15) is 0 Å². The second-order valence-electron chi connectivity index (χ2n) is 3.40. The van der Waals surface area contributed by atoms with Crippen LogP contribution in [0.4, 0.5) is 0 Å². The first kappa shape index (κ1) is 12.3. The Kier molecular flexibility index (Phi) is 3.26. The Morgan fingerprint density at radius 2 is 1.25 bits per heavy atom. The Morgan fingerprint density at radius 1 is 0.938 bits per heavy atom. The van der Waals surface area contributed by atoms with Crippen molar-refractivity contribution in [2.75, 3.05) is 14.1 Å². The first-order chi connectivity index (χ1) is 7.43. The van der Waals surface area contributed by atoms with E-state index in [1.165, 1.54) is 33.3 Å². The van der Waals surface area contributed by atoms with E-state index in [0.29, 0.717) is 8.64 Å². The molecule has 8 heteroatoms. The van der Waals surface area contributed by atoms with Crippen molar-refractivity contribution in [3.05, 3.63) is 0 Å². The van der Waals surface area contributed by atoms with Crippen molar-refractivity contribution in [2.45, 2.75) is 10.5 Å². The van der Waals surface area contributed by atoms with E-state index in [1.807, 2.05) is 0 Å². The molecule has 0 radical (unpaired) electrons. The fraction of sp³-hybridized carbons (Fsp3) is 0.500. The lowest BCUT2D eigenvalue weighted by atomic mass is 10.2. The summed E-state index contributed by atoms with van der Waals surface area (Å²) in [7, 11) is 3.26. The van der Waals surface area contributed by atoms with Crippen LogP contribution in [0.3, 0.4) is 0 Å². The molecule has 2 aliphatic rings. The molecule has 2 aliphatic heterocycles. The lowest BCUT2D eigenvalue weighted by molar-refractivity contribution is -0.130. The summed E-state index contributed by atoms with van der Waals surface area (Å²) in [5.74, 6) is -0.224. The maximum Gasteiger partial charge on any atom is 0.243 e. The largest absolute Gasteiger partial charge is 0.300 e. The fourth-order valence-electron chi connectivity index (χ4n) is 1.42. The van der Waals surface area contributed by atoms with Gasteiger partial charge in [-0.1, -0.05) is 48.0 Å². The molecule has 0 aliphatic carbocycles. The smallest absolute Gasteiger partial charge is 0.243 e. The van der Waals surface area contributed by atoms with Crippen molar-refractivity contribution in [1.29, 1.82) is 0 Å². The molecule has 0 N–H and O–H groups in total. The zero-order chi connectivity index (χ0) is 12.0. The summed E-state index contributed by atoms with van der Waals surface area (Å²) in [4.78, 5) is 26.5. The van der Waals surface area contributed by atoms with Crippen LogP contribution in [0, 0.1) is 0 Å². The fourth-order valence-corrected chi connectivity index (χ4v) is 4.48. The standard InChI is InChI=1S/C8H8N2O2S4/c1-9-5(11)3(15-7(9)13)4-6(12)10(2)8(14)16-4/h3-4H,1-2H3/t3-,4+. The van der Waals surface area contributed by atoms with Crippen LogP contribution >= 0.6 is 48.0 Å². The van der Waals surface area contributed by atoms with E-state index in [4.69, 9.17) is 24.4 Å². The Balaban J connectivity index is 2.22. The van der Waals surface area contributed by atoms with Crippen molar-refractivity contribution >= 4 is 68.4 Å². The van der Waals surface area contributed by atoms with Crippen LogP contribution in [-0.4, -0.2) is 54.9 Å². The van der Waals surface area contributed by atoms with Gasteiger partial charge in [0.15, 0.2) is 0 Å². The van der Waals surface area contributed by atoms with E-state index < -0.39 is 10.5 Å². The lowest BCUT2D eigenvalue weighted by Gasteiger charge is -2.12. The van der Waals surface area contributed by atoms with Crippen LogP contribution < -0.4 is 0 Å². The molecule has 2 atom stereocenters. The molecule has 2 amide bonds. The molecule has 2 rings (SSSR count). The molecule has 0 aromatic rings. The minimum Gasteiger partial charge on any atom is -0.300 e. The predicted octanol–water partition coefficient (Wildman–Crippen LogP) is 0.704. The third kappa shape index (κ3) is 1.77. The van der Waals surface area contributed by atoms with Gasteiger partial charge in [-0.25, -0.2) is 0 Å². The molecule has 0 bridgehead atoms. The monoisotopic (exact) mass is 292 g/mol. The van der Waals surface area contributed by atoms with Crippen LogP contribution in [0.15, 0.2) is 0 Å². The first-order valence-corrected chi connectivity index (χ1v) is 6.97. The van der Waals surface area contributed by atoms with Gasteiger partial charge in [-0.05, 0) is 0 Å². The molecular weight excluding hydrogens is 284 g/mol. The topological polar surface area (TPSA) is 40.6 Å². The molecule has 0 aromatic heterocycles. The summed E-state index contributed by atoms with van der Waals surface area (Å²) >= 11 is 12.6. The molecule has 0 unspecified atom stereocenters. The normalized spacial score (nSPS) is 30.9. The average Bonchev–Trinajstić information content (AvgIpc) is 2.64. The number of thioether (sulfide) groups is 2. The second-order valence-corrected chi connectivity index (χ2v) is 6.95. The van der Waals surface area contributed by atoms with Crippen molar-refractivity contribution in [2.24, 2.45) is 0 Å². The van der Waals surface area contributed by atoms with Gasteiger partial charge in [0.2, 0.25) is 11.8 Å². The lowest BCUT2D eigenvalue weighted by Crippen LogP contribution is -2.38. The molecule has 86 valence electrons. The van der Waals surface area contributed by atoms with Gasteiger partial charge >= 0.3 is 0 Å². The van der Waals surface area contributed by atoms with Gasteiger partial charge in [0.1, 0.15) is 19.1 Å². The van der Waals surface area contributed by atoms with Gasteiger partial charge in [0, 0.05) is 14.1 Å². The number of thiocarbonyl (C=S) groups is 2. The maximum absolute atomic E-state index is 11.9. The van der Waals surface area contributed by atoms with Crippen LogP contribution in [0.25, 0.3) is 0 Å². The highest BCUT2D eigenvalue weighted by Gasteiger charge is 2.48. The van der Waals surface area contributed by atoms with Gasteiger partial charge in [-0.3, -0.25) is 19.4 Å². The van der Waals surface area contributed by atoms with Gasteiger partial charge in [-0.15, -0.1) is 0 Å². The van der Waals surface area contributed by atoms with E-state index in [-0.39, 0.29) is 11.8 Å². The highest BCUT2D eigenvalue weighted by molar-refractivity contribution is 8.27. The van der Waals surface area contributed by atoms with E-state index in [2.05, 4.69) is 0 Å². The van der Waals surface area contributed by atoms with E-state index in [0.717, 1.165) is 0 Å². The van der Waals surface area contributed by atoms with E-state index >= 15 is 0 Å². The summed E-state index contributed by atoms with van der Waals surface area (Å²) in [5, 5.41) is -0.865. The molecule has 0 spiro atoms. The summed E-state index contributed by atoms with van der Waals surface area (Å²) in [6.45, 7) is 0. The van der Waals surface area contributed by atoms with Crippen LogP contribution in [-0.2, 0) is 9.59 Å². The van der Waals surface area contributed by atoms with Crippen molar-refractivity contribution < 1.29 is 9.59 Å². The molecule has 0 saturated carbocycles. The van der Waals surface area contributed by atoms with Gasteiger partial charge in [-0.2, -0.15) is 0 Å². The van der Waals surface area contributed by atoms with Crippen LogP contribution in [0.2, 0.25) is 0 Å². The third-order valence-corrected chi connectivity index (χ3v) is 6.13. The Bertz CT molecular complexity index is 373. The number of amides is 2. The third-order valence-electron chi connectivity index (χ3n) is 2.43. The average molecular weight is 292 g/mol. The van der Waals surface area contributed by atoms with Gasteiger partial charge in [0.05, 0.1) is 0 Å². The second kappa shape index (κ2) is 4.25. The first-order valence-electron chi connectivity index (χ1n) is 4.40. The molecular formula is C8H8N2O2S4. The van der Waals surface area contributed by atoms with Crippen molar-refractivity contribution in [3.8, 4) is 0 Å². The minimum atomic E-state index is -0.433. The Morgan fingerprint density at radius 3 is 1.44 bits per heavy atom. The molecule has 0 aromatic carbocycles.